The van der Waals surface area contributed by atoms with Crippen LogP contribution >= 0.6 is 11.3 Å². The van der Waals surface area contributed by atoms with Crippen molar-refractivity contribution in [2.24, 2.45) is 5.92 Å². The molecule has 0 atom stereocenters. The second kappa shape index (κ2) is 10.1. The van der Waals surface area contributed by atoms with Crippen LogP contribution in [-0.2, 0) is 4.79 Å². The quantitative estimate of drug-likeness (QED) is 0.689. The molecule has 2 amide bonds. The van der Waals surface area contributed by atoms with E-state index in [-0.39, 0.29) is 18.4 Å². The van der Waals surface area contributed by atoms with Crippen LogP contribution in [0.1, 0.15) is 36.3 Å². The molecular formula is C20H27N3O4S. The van der Waals surface area contributed by atoms with Crippen molar-refractivity contribution in [2.75, 3.05) is 32.6 Å². The summed E-state index contributed by atoms with van der Waals surface area (Å²) in [5.41, 5.74) is 1.15. The number of carbonyl (C=O) groups is 2. The van der Waals surface area contributed by atoms with Crippen LogP contribution in [0.4, 0.5) is 5.13 Å². The summed E-state index contributed by atoms with van der Waals surface area (Å²) in [6.07, 6.45) is 0.771. The Morgan fingerprint density at radius 2 is 1.86 bits per heavy atom. The van der Waals surface area contributed by atoms with Crippen LogP contribution in [0, 0.1) is 12.8 Å². The first-order chi connectivity index (χ1) is 13.3. The SMILES string of the molecule is COc1cccc(OC)c1C(=O)N(CCC(C)C)CC(=O)Nc1nc(C)cs1. The number of methoxy groups -OCH3 is 2. The Balaban J connectivity index is 2.24. The molecule has 1 heterocycles. The maximum Gasteiger partial charge on any atom is 0.261 e. The van der Waals surface area contributed by atoms with Crippen molar-refractivity contribution < 1.29 is 19.1 Å². The molecule has 0 radical (unpaired) electrons. The lowest BCUT2D eigenvalue weighted by Crippen LogP contribution is -2.39. The van der Waals surface area contributed by atoms with Crippen molar-refractivity contribution in [2.45, 2.75) is 27.2 Å². The molecule has 28 heavy (non-hydrogen) atoms. The van der Waals surface area contributed by atoms with Crippen molar-refractivity contribution in [1.29, 1.82) is 0 Å². The van der Waals surface area contributed by atoms with Crippen molar-refractivity contribution in [1.82, 2.24) is 9.88 Å². The van der Waals surface area contributed by atoms with Crippen LogP contribution in [0.25, 0.3) is 0 Å². The molecule has 152 valence electrons. The van der Waals surface area contributed by atoms with Gasteiger partial charge in [0.1, 0.15) is 23.6 Å². The predicted octanol–water partition coefficient (Wildman–Crippen LogP) is 3.60. The number of carbonyl (C=O) groups excluding carboxylic acids is 2. The number of benzene rings is 1. The van der Waals surface area contributed by atoms with Gasteiger partial charge in [-0.25, -0.2) is 4.98 Å². The fraction of sp³-hybridized carbons (Fsp3) is 0.450. The summed E-state index contributed by atoms with van der Waals surface area (Å²) in [5.74, 6) is 0.616. The molecule has 1 N–H and O–H groups in total. The first kappa shape index (κ1) is 21.7. The molecule has 0 aliphatic rings. The molecule has 1 aromatic carbocycles. The lowest BCUT2D eigenvalue weighted by Gasteiger charge is -2.24. The number of rotatable bonds is 9. The zero-order valence-corrected chi connectivity index (χ0v) is 17.8. The van der Waals surface area contributed by atoms with Gasteiger partial charge in [-0.1, -0.05) is 19.9 Å². The van der Waals surface area contributed by atoms with E-state index in [0.717, 1.165) is 12.1 Å². The fourth-order valence-corrected chi connectivity index (χ4v) is 3.33. The molecule has 8 heteroatoms. The molecule has 0 fully saturated rings. The Morgan fingerprint density at radius 1 is 1.21 bits per heavy atom. The first-order valence-corrected chi connectivity index (χ1v) is 9.95. The van der Waals surface area contributed by atoms with Crippen LogP contribution in [-0.4, -0.2) is 49.0 Å². The molecular weight excluding hydrogens is 378 g/mol. The molecule has 0 saturated heterocycles. The molecule has 0 unspecified atom stereocenters. The summed E-state index contributed by atoms with van der Waals surface area (Å²) in [6.45, 7) is 6.38. The highest BCUT2D eigenvalue weighted by Crippen LogP contribution is 2.29. The van der Waals surface area contributed by atoms with Crippen LogP contribution < -0.4 is 14.8 Å². The predicted molar refractivity (Wildman–Crippen MR) is 110 cm³/mol. The summed E-state index contributed by atoms with van der Waals surface area (Å²) in [5, 5.41) is 5.14. The minimum atomic E-state index is -0.305. The highest BCUT2D eigenvalue weighted by Gasteiger charge is 2.25. The number of thiazole rings is 1. The highest BCUT2D eigenvalue weighted by atomic mass is 32.1. The molecule has 2 rings (SSSR count). The van der Waals surface area contributed by atoms with E-state index in [1.807, 2.05) is 12.3 Å². The number of hydrogen-bond donors (Lipinski definition) is 1. The number of nitrogens with zero attached hydrogens (tertiary/aromatic N) is 2. The van der Waals surface area contributed by atoms with E-state index in [2.05, 4.69) is 24.1 Å². The van der Waals surface area contributed by atoms with E-state index in [0.29, 0.717) is 34.7 Å². The zero-order valence-electron chi connectivity index (χ0n) is 16.9. The monoisotopic (exact) mass is 405 g/mol. The number of amides is 2. The molecule has 1 aromatic heterocycles. The van der Waals surface area contributed by atoms with Crippen molar-refractivity contribution in [3.63, 3.8) is 0 Å². The second-order valence-electron chi connectivity index (χ2n) is 6.79. The standard InChI is InChI=1S/C20H27N3O4S/c1-13(2)9-10-23(11-17(24)22-20-21-14(3)12-28-20)19(25)18-15(26-4)7-6-8-16(18)27-5/h6-8,12-13H,9-11H2,1-5H3,(H,21,22,24). The zero-order chi connectivity index (χ0) is 20.7. The largest absolute Gasteiger partial charge is 0.496 e. The van der Waals surface area contributed by atoms with E-state index >= 15 is 0 Å². The number of aryl methyl sites for hydroxylation is 1. The molecule has 0 spiro atoms. The Labute approximate surface area is 169 Å². The average molecular weight is 406 g/mol. The summed E-state index contributed by atoms with van der Waals surface area (Å²) in [4.78, 5) is 31.6. The lowest BCUT2D eigenvalue weighted by molar-refractivity contribution is -0.116. The van der Waals surface area contributed by atoms with Gasteiger partial charge in [0.05, 0.1) is 19.9 Å². The van der Waals surface area contributed by atoms with Gasteiger partial charge in [0.25, 0.3) is 5.91 Å². The minimum Gasteiger partial charge on any atom is -0.496 e. The maximum atomic E-state index is 13.3. The molecule has 2 aromatic rings. The van der Waals surface area contributed by atoms with Gasteiger partial charge in [0.2, 0.25) is 5.91 Å². The van der Waals surface area contributed by atoms with E-state index in [9.17, 15) is 9.59 Å². The summed E-state index contributed by atoms with van der Waals surface area (Å²) in [6, 6.07) is 5.16. The summed E-state index contributed by atoms with van der Waals surface area (Å²) in [7, 11) is 3.00. The lowest BCUT2D eigenvalue weighted by atomic mass is 10.1. The number of aromatic nitrogens is 1. The third-order valence-electron chi connectivity index (χ3n) is 4.11. The fourth-order valence-electron chi connectivity index (χ4n) is 2.63. The Kier molecular flexibility index (Phi) is 7.80. The van der Waals surface area contributed by atoms with Gasteiger partial charge in [-0.3, -0.25) is 9.59 Å². The number of anilines is 1. The van der Waals surface area contributed by atoms with Crippen molar-refractivity contribution in [3.8, 4) is 11.5 Å². The summed E-state index contributed by atoms with van der Waals surface area (Å²) < 4.78 is 10.7. The molecule has 0 aliphatic heterocycles. The van der Waals surface area contributed by atoms with Gasteiger partial charge in [0.15, 0.2) is 5.13 Å². The van der Waals surface area contributed by atoms with E-state index in [1.54, 1.807) is 18.2 Å². The van der Waals surface area contributed by atoms with Gasteiger partial charge in [0, 0.05) is 11.9 Å². The van der Waals surface area contributed by atoms with Gasteiger partial charge in [-0.15, -0.1) is 11.3 Å². The Bertz CT molecular complexity index is 797. The van der Waals surface area contributed by atoms with Crippen LogP contribution in [0.2, 0.25) is 0 Å². The van der Waals surface area contributed by atoms with E-state index < -0.39 is 0 Å². The number of ether oxygens (including phenoxy) is 2. The van der Waals surface area contributed by atoms with E-state index in [1.165, 1.54) is 30.5 Å². The highest BCUT2D eigenvalue weighted by molar-refractivity contribution is 7.13. The maximum absolute atomic E-state index is 13.3. The normalized spacial score (nSPS) is 10.6. The summed E-state index contributed by atoms with van der Waals surface area (Å²) >= 11 is 1.35. The topological polar surface area (TPSA) is 80.8 Å². The van der Waals surface area contributed by atoms with Gasteiger partial charge < -0.3 is 19.7 Å². The van der Waals surface area contributed by atoms with Gasteiger partial charge in [-0.05, 0) is 31.4 Å². The van der Waals surface area contributed by atoms with Crippen LogP contribution in [0.5, 0.6) is 11.5 Å². The Hall–Kier alpha value is -2.61. The van der Waals surface area contributed by atoms with Gasteiger partial charge >= 0.3 is 0 Å². The van der Waals surface area contributed by atoms with Crippen LogP contribution in [0.15, 0.2) is 23.6 Å². The molecule has 0 bridgehead atoms. The Morgan fingerprint density at radius 3 is 2.36 bits per heavy atom. The first-order valence-electron chi connectivity index (χ1n) is 9.08. The van der Waals surface area contributed by atoms with Crippen molar-refractivity contribution >= 4 is 28.3 Å². The van der Waals surface area contributed by atoms with E-state index in [4.69, 9.17) is 9.47 Å². The third-order valence-corrected chi connectivity index (χ3v) is 4.98. The molecule has 7 nitrogen and oxygen atoms in total. The van der Waals surface area contributed by atoms with Crippen molar-refractivity contribution in [3.05, 3.63) is 34.8 Å². The molecule has 0 saturated carbocycles. The second-order valence-corrected chi connectivity index (χ2v) is 7.65. The average Bonchev–Trinajstić information content (AvgIpc) is 3.08. The number of hydrogen-bond acceptors (Lipinski definition) is 6. The third kappa shape index (κ3) is 5.69. The minimum absolute atomic E-state index is 0.0780. The van der Waals surface area contributed by atoms with Gasteiger partial charge in [-0.2, -0.15) is 0 Å². The smallest absolute Gasteiger partial charge is 0.261 e. The number of nitrogens with one attached hydrogen (secondary N) is 1. The van der Waals surface area contributed by atoms with Crippen LogP contribution in [0.3, 0.4) is 0 Å². The molecule has 0 aliphatic carbocycles.